The first-order valence-electron chi connectivity index (χ1n) is 15.8. The van der Waals surface area contributed by atoms with Gasteiger partial charge in [0.25, 0.3) is 0 Å². The molecule has 0 bridgehead atoms. The van der Waals surface area contributed by atoms with Crippen molar-refractivity contribution in [2.24, 2.45) is 34.7 Å². The highest BCUT2D eigenvalue weighted by Crippen LogP contribution is 2.38. The molecule has 0 aliphatic rings. The van der Waals surface area contributed by atoms with Crippen molar-refractivity contribution in [2.75, 3.05) is 40.8 Å². The molecule has 1 aromatic rings. The second-order valence-electron chi connectivity index (χ2n) is 12.5. The van der Waals surface area contributed by atoms with Crippen LogP contribution < -0.4 is 10.1 Å². The number of aliphatic hydroxyl groups excluding tert-OH is 1. The van der Waals surface area contributed by atoms with Gasteiger partial charge in [0, 0.05) is 31.1 Å². The lowest BCUT2D eigenvalue weighted by atomic mass is 9.79. The summed E-state index contributed by atoms with van der Waals surface area (Å²) in [5.41, 5.74) is 11.5. The van der Waals surface area contributed by atoms with E-state index in [9.17, 15) is 15.4 Å². The van der Waals surface area contributed by atoms with Crippen LogP contribution in [-0.4, -0.2) is 63.9 Å². The minimum absolute atomic E-state index is 0.0246. The SMILES string of the molecule is CCCCNC(=O)[C@@H](C[C@H](O)[C@H](C[C@@H](C(C)C)C(OCC(C)C)c1ccc(OC)c(CCOCOC)c1)N=[N+]=[N-])C(C)C. The summed E-state index contributed by atoms with van der Waals surface area (Å²) in [5.74, 6) is 0.718. The summed E-state index contributed by atoms with van der Waals surface area (Å²) in [6.07, 6.45) is 1.87. The maximum absolute atomic E-state index is 13.0. The van der Waals surface area contributed by atoms with Crippen LogP contribution in [0.5, 0.6) is 5.75 Å². The van der Waals surface area contributed by atoms with E-state index in [0.717, 1.165) is 29.7 Å². The summed E-state index contributed by atoms with van der Waals surface area (Å²) < 4.78 is 22.8. The molecule has 1 aromatic carbocycles. The third-order valence-electron chi connectivity index (χ3n) is 7.83. The number of nitrogens with one attached hydrogen (secondary N) is 1. The third kappa shape index (κ3) is 13.9. The Morgan fingerprint density at radius 2 is 1.81 bits per heavy atom. The summed E-state index contributed by atoms with van der Waals surface area (Å²) in [7, 11) is 3.24. The molecule has 0 heterocycles. The van der Waals surface area contributed by atoms with Crippen LogP contribution in [0, 0.1) is 29.6 Å². The van der Waals surface area contributed by atoms with Gasteiger partial charge in [0.2, 0.25) is 5.91 Å². The smallest absolute Gasteiger partial charge is 0.223 e. The van der Waals surface area contributed by atoms with Gasteiger partial charge in [-0.1, -0.05) is 66.1 Å². The van der Waals surface area contributed by atoms with E-state index in [2.05, 4.69) is 56.0 Å². The largest absolute Gasteiger partial charge is 0.496 e. The third-order valence-corrected chi connectivity index (χ3v) is 7.83. The highest BCUT2D eigenvalue weighted by Gasteiger charge is 2.34. The van der Waals surface area contributed by atoms with Gasteiger partial charge >= 0.3 is 0 Å². The minimum atomic E-state index is -0.975. The number of hydrogen-bond acceptors (Lipinski definition) is 7. The fraction of sp³-hybridized carbons (Fsp3) is 0.788. The number of unbranched alkanes of at least 4 members (excludes halogenated alkanes) is 1. The lowest BCUT2D eigenvalue weighted by molar-refractivity contribution is -0.127. The molecule has 43 heavy (non-hydrogen) atoms. The molecule has 10 nitrogen and oxygen atoms in total. The van der Waals surface area contributed by atoms with Crippen LogP contribution in [0.4, 0.5) is 0 Å². The molecule has 0 aromatic heterocycles. The number of methoxy groups -OCH3 is 2. The summed E-state index contributed by atoms with van der Waals surface area (Å²) in [6.45, 7) is 16.4. The van der Waals surface area contributed by atoms with E-state index in [1.807, 2.05) is 26.0 Å². The number of benzene rings is 1. The Labute approximate surface area is 259 Å². The highest BCUT2D eigenvalue weighted by atomic mass is 16.7. The molecule has 10 heteroatoms. The van der Waals surface area contributed by atoms with Gasteiger partial charge in [0.15, 0.2) is 0 Å². The van der Waals surface area contributed by atoms with E-state index in [4.69, 9.17) is 18.9 Å². The zero-order valence-electron chi connectivity index (χ0n) is 28.0. The van der Waals surface area contributed by atoms with Crippen LogP contribution >= 0.6 is 0 Å². The quantitative estimate of drug-likeness (QED) is 0.0460. The highest BCUT2D eigenvalue weighted by molar-refractivity contribution is 5.78. The number of nitrogens with zero attached hydrogens (tertiary/aromatic N) is 3. The summed E-state index contributed by atoms with van der Waals surface area (Å²) >= 11 is 0. The van der Waals surface area contributed by atoms with Gasteiger partial charge in [0.05, 0.1) is 32.0 Å². The molecule has 0 saturated carbocycles. The number of aliphatic hydroxyl groups is 1. The molecule has 0 spiro atoms. The predicted molar refractivity (Wildman–Crippen MR) is 171 cm³/mol. The molecule has 2 N–H and O–H groups in total. The van der Waals surface area contributed by atoms with Gasteiger partial charge in [-0.3, -0.25) is 4.79 Å². The van der Waals surface area contributed by atoms with Gasteiger partial charge < -0.3 is 29.4 Å². The summed E-state index contributed by atoms with van der Waals surface area (Å²) in [4.78, 5) is 16.1. The molecule has 1 amide bonds. The second-order valence-corrected chi connectivity index (χ2v) is 12.5. The minimum Gasteiger partial charge on any atom is -0.496 e. The lowest BCUT2D eigenvalue weighted by Gasteiger charge is -2.35. The van der Waals surface area contributed by atoms with Gasteiger partial charge in [-0.05, 0) is 78.1 Å². The van der Waals surface area contributed by atoms with Gasteiger partial charge in [0.1, 0.15) is 12.5 Å². The van der Waals surface area contributed by atoms with Crippen LogP contribution in [-0.2, 0) is 25.4 Å². The Bertz CT molecular complexity index is 967. The van der Waals surface area contributed by atoms with Crippen molar-refractivity contribution in [3.05, 3.63) is 39.8 Å². The van der Waals surface area contributed by atoms with E-state index in [-0.39, 0.29) is 43.0 Å². The van der Waals surface area contributed by atoms with Crippen molar-refractivity contribution >= 4 is 5.91 Å². The van der Waals surface area contributed by atoms with Gasteiger partial charge in [-0.15, -0.1) is 0 Å². The molecule has 0 saturated heterocycles. The van der Waals surface area contributed by atoms with Crippen molar-refractivity contribution in [1.29, 1.82) is 0 Å². The first-order valence-corrected chi connectivity index (χ1v) is 15.8. The molecule has 5 atom stereocenters. The van der Waals surface area contributed by atoms with Gasteiger partial charge in [-0.25, -0.2) is 0 Å². The monoisotopic (exact) mass is 606 g/mol. The second kappa shape index (κ2) is 21.4. The van der Waals surface area contributed by atoms with Crippen molar-refractivity contribution in [3.63, 3.8) is 0 Å². The zero-order valence-corrected chi connectivity index (χ0v) is 28.0. The maximum Gasteiger partial charge on any atom is 0.223 e. The molecule has 246 valence electrons. The number of hydrogen-bond donors (Lipinski definition) is 2. The van der Waals surface area contributed by atoms with E-state index in [1.54, 1.807) is 14.2 Å². The van der Waals surface area contributed by atoms with Crippen molar-refractivity contribution in [2.45, 2.75) is 98.8 Å². The number of azide groups is 1. The normalized spacial score (nSPS) is 15.2. The first-order chi connectivity index (χ1) is 20.5. The number of carbonyl (C=O) groups excluding carboxylic acids is 1. The maximum atomic E-state index is 13.0. The van der Waals surface area contributed by atoms with E-state index >= 15 is 0 Å². The summed E-state index contributed by atoms with van der Waals surface area (Å²) in [6, 6.07) is 5.36. The first kappa shape index (κ1) is 38.7. The Kier molecular flexibility index (Phi) is 19.2. The average Bonchev–Trinajstić information content (AvgIpc) is 2.96. The van der Waals surface area contributed by atoms with Gasteiger partial charge in [-0.2, -0.15) is 0 Å². The molecule has 0 aliphatic carbocycles. The molecule has 0 fully saturated rings. The molecule has 1 unspecified atom stereocenters. The molecular weight excluding hydrogens is 548 g/mol. The number of amides is 1. The molecular formula is C33H58N4O6. The topological polar surface area (TPSA) is 135 Å². The molecule has 0 radical (unpaired) electrons. The zero-order chi connectivity index (χ0) is 32.4. The van der Waals surface area contributed by atoms with E-state index in [1.165, 1.54) is 0 Å². The molecule has 1 rings (SSSR count). The standard InChI is InChI=1S/C33H58N4O6/c1-10-11-15-35-33(39)28(24(6)7)19-30(38)29(36-37-34)18-27(23(4)5)32(43-20-22(2)3)26-12-13-31(41-9)25(17-26)14-16-42-21-40-8/h12-13,17,22-24,27-30,32,38H,10-11,14-16,18-21H2,1-9H3,(H,35,39)/t27-,28-,29-,30-,32?/m0/s1. The average molecular weight is 607 g/mol. The molecule has 0 aliphatic heterocycles. The van der Waals surface area contributed by atoms with E-state index in [0.29, 0.717) is 38.5 Å². The number of ether oxygens (including phenoxy) is 4. The van der Waals surface area contributed by atoms with Crippen LogP contribution in [0.2, 0.25) is 0 Å². The van der Waals surface area contributed by atoms with Crippen LogP contribution in [0.25, 0.3) is 10.4 Å². The number of carbonyl (C=O) groups is 1. The Hall–Kier alpha value is -2.36. The summed E-state index contributed by atoms with van der Waals surface area (Å²) in [5, 5.41) is 18.5. The van der Waals surface area contributed by atoms with Crippen molar-refractivity contribution < 1.29 is 28.8 Å². The van der Waals surface area contributed by atoms with Crippen LogP contribution in [0.1, 0.15) is 91.4 Å². The predicted octanol–water partition coefficient (Wildman–Crippen LogP) is 6.85. The Morgan fingerprint density at radius 1 is 1.09 bits per heavy atom. The van der Waals surface area contributed by atoms with Crippen molar-refractivity contribution in [3.8, 4) is 5.75 Å². The van der Waals surface area contributed by atoms with E-state index < -0.39 is 18.1 Å². The Balaban J connectivity index is 3.36. The van der Waals surface area contributed by atoms with Crippen molar-refractivity contribution in [1.82, 2.24) is 5.32 Å². The van der Waals surface area contributed by atoms with Crippen LogP contribution in [0.3, 0.4) is 0 Å². The fourth-order valence-corrected chi connectivity index (χ4v) is 5.25. The number of rotatable bonds is 23. The Morgan fingerprint density at radius 3 is 2.37 bits per heavy atom. The van der Waals surface area contributed by atoms with Crippen LogP contribution in [0.15, 0.2) is 23.3 Å². The lowest BCUT2D eigenvalue weighted by Crippen LogP contribution is -2.39. The fourth-order valence-electron chi connectivity index (χ4n) is 5.25.